The molecule has 2 aromatic rings. The molecule has 0 atom stereocenters. The molecule has 0 spiro atoms. The van der Waals surface area contributed by atoms with Gasteiger partial charge in [0, 0.05) is 25.2 Å². The van der Waals surface area contributed by atoms with Crippen LogP contribution in [-0.2, 0) is 16.0 Å². The highest BCUT2D eigenvalue weighted by Gasteiger charge is 2.23. The number of hydrogen-bond donors (Lipinski definition) is 1. The number of rotatable bonds is 9. The molecule has 0 aliphatic carbocycles. The molecule has 0 bridgehead atoms. The summed E-state index contributed by atoms with van der Waals surface area (Å²) in [5, 5.41) is 2.79. The fourth-order valence-corrected chi connectivity index (χ4v) is 3.24. The van der Waals surface area contributed by atoms with E-state index in [1.165, 1.54) is 5.56 Å². The number of amides is 2. The smallest absolute Gasteiger partial charge is 0.257 e. The maximum atomic E-state index is 12.4. The maximum absolute atomic E-state index is 12.4. The van der Waals surface area contributed by atoms with Gasteiger partial charge in [-0.1, -0.05) is 30.3 Å². The fraction of sp³-hybridized carbons (Fsp3) is 0.364. The minimum atomic E-state index is -0.217. The lowest BCUT2D eigenvalue weighted by molar-refractivity contribution is -0.123. The first-order valence-corrected chi connectivity index (χ1v) is 9.68. The van der Waals surface area contributed by atoms with Gasteiger partial charge in [0.05, 0.1) is 6.61 Å². The van der Waals surface area contributed by atoms with E-state index < -0.39 is 0 Å². The van der Waals surface area contributed by atoms with Crippen LogP contribution in [0.25, 0.3) is 0 Å². The van der Waals surface area contributed by atoms with Gasteiger partial charge in [-0.25, -0.2) is 0 Å². The molecule has 1 aliphatic heterocycles. The third kappa shape index (κ3) is 5.03. The highest BCUT2D eigenvalue weighted by molar-refractivity contribution is 5.95. The number of anilines is 1. The Balaban J connectivity index is 1.36. The van der Waals surface area contributed by atoms with E-state index in [9.17, 15) is 9.59 Å². The summed E-state index contributed by atoms with van der Waals surface area (Å²) in [6, 6.07) is 15.3. The summed E-state index contributed by atoms with van der Waals surface area (Å²) in [7, 11) is 0. The Morgan fingerprint density at radius 1 is 1.04 bits per heavy atom. The molecule has 0 aromatic heterocycles. The third-order valence-corrected chi connectivity index (χ3v) is 4.59. The number of fused-ring (bicyclic) bond motifs is 1. The lowest BCUT2D eigenvalue weighted by Crippen LogP contribution is -2.32. The number of hydrogen-bond acceptors (Lipinski definition) is 4. The largest absolute Gasteiger partial charge is 0.490 e. The molecule has 0 saturated carbocycles. The van der Waals surface area contributed by atoms with Crippen molar-refractivity contribution in [1.82, 2.24) is 5.32 Å². The normalized spacial score (nSPS) is 12.4. The van der Waals surface area contributed by atoms with Crippen LogP contribution in [0.1, 0.15) is 25.3 Å². The van der Waals surface area contributed by atoms with Crippen molar-refractivity contribution in [3.05, 3.63) is 54.1 Å². The highest BCUT2D eigenvalue weighted by atomic mass is 16.5. The Bertz CT molecular complexity index is 822. The number of carbonyl (C=O) groups is 2. The van der Waals surface area contributed by atoms with Gasteiger partial charge >= 0.3 is 0 Å². The molecule has 28 heavy (non-hydrogen) atoms. The predicted molar refractivity (Wildman–Crippen MR) is 108 cm³/mol. The number of para-hydroxylation sites is 3. The molecule has 1 N–H and O–H groups in total. The molecular weight excluding hydrogens is 356 g/mol. The van der Waals surface area contributed by atoms with Crippen molar-refractivity contribution in [2.24, 2.45) is 0 Å². The van der Waals surface area contributed by atoms with Crippen LogP contribution in [0.3, 0.4) is 0 Å². The van der Waals surface area contributed by atoms with Gasteiger partial charge in [-0.3, -0.25) is 9.59 Å². The van der Waals surface area contributed by atoms with Crippen LogP contribution in [0.4, 0.5) is 5.69 Å². The lowest BCUT2D eigenvalue weighted by Gasteiger charge is -2.17. The summed E-state index contributed by atoms with van der Waals surface area (Å²) in [5.74, 6) is 1.04. The van der Waals surface area contributed by atoms with E-state index in [1.54, 1.807) is 12.1 Å². The van der Waals surface area contributed by atoms with Crippen LogP contribution in [0.15, 0.2) is 48.5 Å². The van der Waals surface area contributed by atoms with Gasteiger partial charge in [-0.2, -0.15) is 0 Å². The maximum Gasteiger partial charge on any atom is 0.257 e. The van der Waals surface area contributed by atoms with Gasteiger partial charge in [0.2, 0.25) is 5.91 Å². The third-order valence-electron chi connectivity index (χ3n) is 4.59. The zero-order valence-corrected chi connectivity index (χ0v) is 16.1. The lowest BCUT2D eigenvalue weighted by atomic mass is 10.2. The summed E-state index contributed by atoms with van der Waals surface area (Å²) < 4.78 is 11.0. The average Bonchev–Trinajstić information content (AvgIpc) is 3.15. The molecule has 1 aliphatic rings. The van der Waals surface area contributed by atoms with Gasteiger partial charge in [-0.15, -0.1) is 0 Å². The molecule has 148 valence electrons. The Morgan fingerprint density at radius 2 is 1.75 bits per heavy atom. The Labute approximate surface area is 165 Å². The second kappa shape index (κ2) is 9.78. The van der Waals surface area contributed by atoms with Crippen molar-refractivity contribution >= 4 is 17.5 Å². The predicted octanol–water partition coefficient (Wildman–Crippen LogP) is 2.95. The Morgan fingerprint density at radius 3 is 2.54 bits per heavy atom. The van der Waals surface area contributed by atoms with E-state index in [-0.39, 0.29) is 18.4 Å². The van der Waals surface area contributed by atoms with Crippen molar-refractivity contribution in [2.45, 2.75) is 26.2 Å². The molecule has 0 saturated heterocycles. The van der Waals surface area contributed by atoms with Gasteiger partial charge in [-0.05, 0) is 43.5 Å². The first-order chi connectivity index (χ1) is 13.7. The van der Waals surface area contributed by atoms with Crippen LogP contribution >= 0.6 is 0 Å². The summed E-state index contributed by atoms with van der Waals surface area (Å²) in [6.07, 6.45) is 1.90. The van der Waals surface area contributed by atoms with Crippen molar-refractivity contribution in [2.75, 3.05) is 31.2 Å². The summed E-state index contributed by atoms with van der Waals surface area (Å²) in [4.78, 5) is 26.3. The zero-order chi connectivity index (χ0) is 19.8. The van der Waals surface area contributed by atoms with E-state index >= 15 is 0 Å². The Kier molecular flexibility index (Phi) is 6.89. The number of benzene rings is 2. The number of nitrogens with zero attached hydrogens (tertiary/aromatic N) is 1. The topological polar surface area (TPSA) is 67.9 Å². The van der Waals surface area contributed by atoms with Crippen LogP contribution in [0.2, 0.25) is 0 Å². The monoisotopic (exact) mass is 382 g/mol. The molecule has 2 amide bonds. The second-order valence-electron chi connectivity index (χ2n) is 6.55. The van der Waals surface area contributed by atoms with E-state index in [1.807, 2.05) is 42.2 Å². The van der Waals surface area contributed by atoms with Gasteiger partial charge in [0.15, 0.2) is 18.1 Å². The molecule has 6 nitrogen and oxygen atoms in total. The van der Waals surface area contributed by atoms with Gasteiger partial charge in [0.1, 0.15) is 0 Å². The molecule has 6 heteroatoms. The molecule has 0 unspecified atom stereocenters. The van der Waals surface area contributed by atoms with Crippen molar-refractivity contribution in [1.29, 1.82) is 0 Å². The van der Waals surface area contributed by atoms with Crippen molar-refractivity contribution in [3.63, 3.8) is 0 Å². The number of nitrogens with one attached hydrogen (secondary N) is 1. The summed E-state index contributed by atoms with van der Waals surface area (Å²) in [6.45, 7) is 3.51. The van der Waals surface area contributed by atoms with E-state index in [4.69, 9.17) is 9.47 Å². The first-order valence-electron chi connectivity index (χ1n) is 9.68. The molecule has 0 fully saturated rings. The second-order valence-corrected chi connectivity index (χ2v) is 6.55. The van der Waals surface area contributed by atoms with Crippen LogP contribution in [0, 0.1) is 0 Å². The molecule has 0 radical (unpaired) electrons. The minimum Gasteiger partial charge on any atom is -0.490 e. The van der Waals surface area contributed by atoms with Crippen LogP contribution in [-0.4, -0.2) is 38.1 Å². The molecular formula is C22H26N2O4. The SMILES string of the molecule is CCOc1ccccc1OCC(=O)NCCCC(=O)N1CCc2ccccc21. The van der Waals surface area contributed by atoms with Gasteiger partial charge < -0.3 is 19.7 Å². The summed E-state index contributed by atoms with van der Waals surface area (Å²) in [5.41, 5.74) is 2.23. The van der Waals surface area contributed by atoms with Crippen LogP contribution < -0.4 is 19.7 Å². The van der Waals surface area contributed by atoms with E-state index in [0.717, 1.165) is 18.7 Å². The Hall–Kier alpha value is -3.02. The minimum absolute atomic E-state index is 0.0858. The first kappa shape index (κ1) is 19.7. The standard InChI is InChI=1S/C22H26N2O4/c1-2-27-19-10-5-6-11-20(19)28-16-21(25)23-14-7-12-22(26)24-15-13-17-8-3-4-9-18(17)24/h3-6,8-11H,2,7,12-16H2,1H3,(H,23,25). The van der Waals surface area contributed by atoms with Gasteiger partial charge in [0.25, 0.3) is 5.91 Å². The fourth-order valence-electron chi connectivity index (χ4n) is 3.24. The van der Waals surface area contributed by atoms with Crippen LogP contribution in [0.5, 0.6) is 11.5 Å². The van der Waals surface area contributed by atoms with E-state index in [2.05, 4.69) is 11.4 Å². The average molecular weight is 382 g/mol. The number of carbonyl (C=O) groups excluding carboxylic acids is 2. The van der Waals surface area contributed by atoms with Crippen molar-refractivity contribution in [3.8, 4) is 11.5 Å². The van der Waals surface area contributed by atoms with Crippen molar-refractivity contribution < 1.29 is 19.1 Å². The van der Waals surface area contributed by atoms with E-state index in [0.29, 0.717) is 37.5 Å². The number of ether oxygens (including phenoxy) is 2. The zero-order valence-electron chi connectivity index (χ0n) is 16.1. The molecule has 3 rings (SSSR count). The quantitative estimate of drug-likeness (QED) is 0.677. The molecule has 1 heterocycles. The highest BCUT2D eigenvalue weighted by Crippen LogP contribution is 2.28. The summed E-state index contributed by atoms with van der Waals surface area (Å²) >= 11 is 0. The molecule has 2 aromatic carbocycles.